The summed E-state index contributed by atoms with van der Waals surface area (Å²) in [6.45, 7) is -4.73. The Labute approximate surface area is 363 Å². The minimum atomic E-state index is -2.11. The molecule has 6 rings (SSSR count). The fourth-order valence-corrected chi connectivity index (χ4v) is 8.39. The van der Waals surface area contributed by atoms with Crippen molar-refractivity contribution in [1.29, 1.82) is 0 Å². The molecule has 0 aromatic heterocycles. The largest absolute Gasteiger partial charge is 0.394 e. The van der Waals surface area contributed by atoms with Gasteiger partial charge in [-0.3, -0.25) is 0 Å². The molecule has 6 fully saturated rings. The molecule has 0 aromatic carbocycles. The first-order valence-corrected chi connectivity index (χ1v) is 20.8. The molecule has 0 amide bonds. The van der Waals surface area contributed by atoms with Gasteiger partial charge in [-0.25, -0.2) is 0 Å². The topological polar surface area (TPSA) is 445 Å². The van der Waals surface area contributed by atoms with E-state index in [9.17, 15) is 86.8 Å². The first-order valence-electron chi connectivity index (χ1n) is 20.8. The Balaban J connectivity index is 1.06. The van der Waals surface area contributed by atoms with Crippen LogP contribution in [0.2, 0.25) is 0 Å². The van der Waals surface area contributed by atoms with Crippen molar-refractivity contribution >= 4 is 0 Å². The number of hydrogen-bond donors (Lipinski definition) is 17. The Morgan fingerprint density at radius 3 is 1.02 bits per heavy atom. The highest BCUT2D eigenvalue weighted by Gasteiger charge is 2.56. The van der Waals surface area contributed by atoms with E-state index >= 15 is 0 Å². The van der Waals surface area contributed by atoms with Crippen LogP contribution >= 0.6 is 0 Å². The molecule has 17 N–H and O–H groups in total. The molecule has 6 heterocycles. The Hall–Kier alpha value is -1.12. The summed E-state index contributed by atoms with van der Waals surface area (Å²) in [4.78, 5) is 0. The summed E-state index contributed by atoms with van der Waals surface area (Å²) < 4.78 is 61.4. The zero-order chi connectivity index (χ0) is 46.7. The van der Waals surface area contributed by atoms with Crippen molar-refractivity contribution in [3.05, 3.63) is 0 Å². The average molecular weight is 943 g/mol. The average Bonchev–Trinajstić information content (AvgIpc) is 3.29. The minimum Gasteiger partial charge on any atom is -0.394 e. The molecular formula is C36H62O28. The van der Waals surface area contributed by atoms with Gasteiger partial charge >= 0.3 is 0 Å². The standard InChI is InChI=1S/C36H62O28/c37-4-10-1-2-11(43)32(54-10)61-27-15(6-39)58-34(24(50)20(27)46)63-29-17(8-41)60-36(26(52)22(29)48)64-30-18(9-42)59-35(25(51)21(30)47)62-28-16(7-40)57-33(23(49)19(28)45)56-13-3-12(44)31(53)55-14(13)5-38/h10-53H,1-9H2/t10-,11-,12-,13-,14+,15+,16+,17+,18+,19-,20-,21-,22-,23-,24-,25-,26-,27+,28+,29+,30+,31-,32+,33-,34+,35+,36+/m0/s1. The van der Waals surface area contributed by atoms with Crippen LogP contribution in [-0.2, 0) is 52.1 Å². The van der Waals surface area contributed by atoms with E-state index in [4.69, 9.17) is 52.1 Å². The van der Waals surface area contributed by atoms with Crippen molar-refractivity contribution in [3.63, 3.8) is 0 Å². The van der Waals surface area contributed by atoms with Crippen molar-refractivity contribution in [3.8, 4) is 0 Å². The van der Waals surface area contributed by atoms with Gasteiger partial charge in [0.05, 0.1) is 51.8 Å². The molecule has 6 aliphatic heterocycles. The molecule has 374 valence electrons. The van der Waals surface area contributed by atoms with Gasteiger partial charge in [0.2, 0.25) is 0 Å². The highest BCUT2D eigenvalue weighted by atomic mass is 16.8. The van der Waals surface area contributed by atoms with E-state index < -0.39 is 206 Å². The molecule has 6 saturated heterocycles. The SMILES string of the molecule is OC[C@@H]1CC[C@H](O)[C@@H](O[C@H]2[C@@H](O)[C@H](O)[C@@H](O[C@H]3[C@@H](O)[C@H](O)[C@@H](O[C@H]4[C@@H](O)[C@H](O)[C@@H](O[C@H]5[C@@H](O)[C@H](O)[C@@H](O[C@H]6C[C@H](O)[C@@H](O)O[C@@H]6CO)O[C@@H]5CO)O[C@@H]4CO)O[C@@H]3CO)O[C@@H]2CO)O1. The lowest BCUT2D eigenvalue weighted by Gasteiger charge is -2.49. The second-order valence-corrected chi connectivity index (χ2v) is 16.4. The second-order valence-electron chi connectivity index (χ2n) is 16.4. The van der Waals surface area contributed by atoms with Gasteiger partial charge in [-0.05, 0) is 12.8 Å². The lowest BCUT2D eigenvalue weighted by Crippen LogP contribution is -2.68. The molecule has 0 radical (unpaired) electrons. The van der Waals surface area contributed by atoms with Crippen molar-refractivity contribution in [2.24, 2.45) is 0 Å². The maximum atomic E-state index is 11.2. The van der Waals surface area contributed by atoms with Crippen LogP contribution in [0.4, 0.5) is 0 Å². The van der Waals surface area contributed by atoms with Crippen LogP contribution in [-0.4, -0.2) is 292 Å². The predicted molar refractivity (Wildman–Crippen MR) is 195 cm³/mol. The molecule has 0 bridgehead atoms. The molecule has 28 nitrogen and oxygen atoms in total. The number of rotatable bonds is 16. The molecular weight excluding hydrogens is 880 g/mol. The van der Waals surface area contributed by atoms with Crippen LogP contribution in [0.1, 0.15) is 19.3 Å². The minimum absolute atomic E-state index is 0.167. The van der Waals surface area contributed by atoms with Crippen molar-refractivity contribution < 1.29 is 139 Å². The number of aliphatic hydroxyl groups is 17. The van der Waals surface area contributed by atoms with E-state index in [2.05, 4.69) is 0 Å². The summed E-state index contributed by atoms with van der Waals surface area (Å²) in [5, 5.41) is 178. The van der Waals surface area contributed by atoms with Crippen LogP contribution in [0, 0.1) is 0 Å². The number of aliphatic hydroxyl groups excluding tert-OH is 17. The fourth-order valence-electron chi connectivity index (χ4n) is 8.39. The quantitative estimate of drug-likeness (QED) is 0.0683. The fraction of sp³-hybridized carbons (Fsp3) is 1.00. The third-order valence-electron chi connectivity index (χ3n) is 12.1. The zero-order valence-corrected chi connectivity index (χ0v) is 34.0. The molecule has 0 spiro atoms. The second kappa shape index (κ2) is 23.0. The highest BCUT2D eigenvalue weighted by molar-refractivity contribution is 4.99. The predicted octanol–water partition coefficient (Wildman–Crippen LogP) is -11.0. The molecule has 0 aliphatic carbocycles. The Bertz CT molecular complexity index is 1400. The summed E-state index contributed by atoms with van der Waals surface area (Å²) in [7, 11) is 0. The molecule has 28 heteroatoms. The Kier molecular flexibility index (Phi) is 18.8. The van der Waals surface area contributed by atoms with Gasteiger partial charge in [-0.15, -0.1) is 0 Å². The summed E-state index contributed by atoms with van der Waals surface area (Å²) in [6.07, 6.45) is -45.1. The summed E-state index contributed by atoms with van der Waals surface area (Å²) >= 11 is 0. The maximum Gasteiger partial charge on any atom is 0.187 e. The van der Waals surface area contributed by atoms with Gasteiger partial charge in [0.25, 0.3) is 0 Å². The monoisotopic (exact) mass is 942 g/mol. The van der Waals surface area contributed by atoms with E-state index in [1.165, 1.54) is 0 Å². The van der Waals surface area contributed by atoms with E-state index in [0.717, 1.165) is 0 Å². The summed E-state index contributed by atoms with van der Waals surface area (Å²) in [5.41, 5.74) is 0. The molecule has 27 atom stereocenters. The van der Waals surface area contributed by atoms with Crippen LogP contribution < -0.4 is 0 Å². The van der Waals surface area contributed by atoms with E-state index in [1.807, 2.05) is 0 Å². The van der Waals surface area contributed by atoms with E-state index in [-0.39, 0.29) is 12.8 Å². The lowest BCUT2D eigenvalue weighted by atomic mass is 9.95. The zero-order valence-electron chi connectivity index (χ0n) is 34.0. The van der Waals surface area contributed by atoms with Crippen molar-refractivity contribution in [1.82, 2.24) is 0 Å². The van der Waals surface area contributed by atoms with Crippen LogP contribution in [0.3, 0.4) is 0 Å². The van der Waals surface area contributed by atoms with Gasteiger partial charge in [-0.2, -0.15) is 0 Å². The maximum absolute atomic E-state index is 11.2. The van der Waals surface area contributed by atoms with Gasteiger partial charge in [0.15, 0.2) is 37.7 Å². The molecule has 0 unspecified atom stereocenters. The highest BCUT2D eigenvalue weighted by Crippen LogP contribution is 2.36. The smallest absolute Gasteiger partial charge is 0.187 e. The van der Waals surface area contributed by atoms with Crippen LogP contribution in [0.25, 0.3) is 0 Å². The molecule has 64 heavy (non-hydrogen) atoms. The first-order chi connectivity index (χ1) is 30.5. The van der Waals surface area contributed by atoms with Gasteiger partial charge in [-0.1, -0.05) is 0 Å². The van der Waals surface area contributed by atoms with Gasteiger partial charge in [0, 0.05) is 6.42 Å². The molecule has 6 aliphatic rings. The molecule has 0 aromatic rings. The van der Waals surface area contributed by atoms with E-state index in [1.54, 1.807) is 0 Å². The van der Waals surface area contributed by atoms with Crippen LogP contribution in [0.5, 0.6) is 0 Å². The van der Waals surface area contributed by atoms with Gasteiger partial charge < -0.3 is 139 Å². The van der Waals surface area contributed by atoms with Gasteiger partial charge in [0.1, 0.15) is 116 Å². The van der Waals surface area contributed by atoms with Crippen LogP contribution in [0.15, 0.2) is 0 Å². The third kappa shape index (κ3) is 11.2. The lowest BCUT2D eigenvalue weighted by molar-refractivity contribution is -0.393. The third-order valence-corrected chi connectivity index (χ3v) is 12.1. The Morgan fingerprint density at radius 1 is 0.328 bits per heavy atom. The van der Waals surface area contributed by atoms with Crippen molar-refractivity contribution in [2.75, 3.05) is 39.6 Å². The van der Waals surface area contributed by atoms with Crippen molar-refractivity contribution in [2.45, 2.75) is 185 Å². The summed E-state index contributed by atoms with van der Waals surface area (Å²) in [6, 6.07) is 0. The Morgan fingerprint density at radius 2 is 0.672 bits per heavy atom. The normalized spacial score (nSPS) is 51.8. The molecule has 0 saturated carbocycles. The number of ether oxygens (including phenoxy) is 11. The summed E-state index contributed by atoms with van der Waals surface area (Å²) in [5.74, 6) is 0. The van der Waals surface area contributed by atoms with E-state index in [0.29, 0.717) is 6.42 Å². The number of hydrogen-bond acceptors (Lipinski definition) is 28. The first kappa shape index (κ1) is 52.3.